The lowest BCUT2D eigenvalue weighted by Gasteiger charge is -2.25. The molecule has 0 radical (unpaired) electrons. The van der Waals surface area contributed by atoms with E-state index in [4.69, 9.17) is 4.74 Å². The quantitative estimate of drug-likeness (QED) is 0.795. The predicted molar refractivity (Wildman–Crippen MR) is 75.4 cm³/mol. The fourth-order valence-electron chi connectivity index (χ4n) is 1.88. The Bertz CT molecular complexity index is 559. The van der Waals surface area contributed by atoms with Gasteiger partial charge in [0.25, 0.3) is 0 Å². The molecule has 0 spiro atoms. The molecule has 1 aromatic carbocycles. The summed E-state index contributed by atoms with van der Waals surface area (Å²) in [6, 6.07) is 4.03. The molecule has 0 aromatic heterocycles. The third kappa shape index (κ3) is 4.52. The van der Waals surface area contributed by atoms with Crippen molar-refractivity contribution < 1.29 is 17.5 Å². The van der Waals surface area contributed by atoms with Crippen LogP contribution in [0.3, 0.4) is 0 Å². The molecular weight excluding hydrogens is 283 g/mol. The Kier molecular flexibility index (Phi) is 5.64. The minimum absolute atomic E-state index is 0.185. The summed E-state index contributed by atoms with van der Waals surface area (Å²) >= 11 is 0. The fourth-order valence-corrected chi connectivity index (χ4v) is 3.40. The van der Waals surface area contributed by atoms with E-state index in [0.29, 0.717) is 12.1 Å². The largest absolute Gasteiger partial charge is 0.383 e. The molecule has 20 heavy (non-hydrogen) atoms. The van der Waals surface area contributed by atoms with Gasteiger partial charge in [0.2, 0.25) is 10.0 Å². The van der Waals surface area contributed by atoms with Crippen molar-refractivity contribution in [1.82, 2.24) is 10.0 Å². The number of hydrogen-bond acceptors (Lipinski definition) is 4. The molecule has 0 unspecified atom stereocenters. The van der Waals surface area contributed by atoms with E-state index < -0.39 is 21.4 Å². The maximum absolute atomic E-state index is 13.8. The number of methoxy groups -OCH3 is 1. The molecule has 2 N–H and O–H groups in total. The molecule has 0 saturated carbocycles. The zero-order valence-electron chi connectivity index (χ0n) is 12.2. The van der Waals surface area contributed by atoms with Gasteiger partial charge in [0.05, 0.1) is 12.1 Å². The summed E-state index contributed by atoms with van der Waals surface area (Å²) in [5.74, 6) is -0.773. The Morgan fingerprint density at radius 3 is 2.55 bits per heavy atom. The minimum Gasteiger partial charge on any atom is -0.383 e. The van der Waals surface area contributed by atoms with E-state index in [1.807, 2.05) is 0 Å². The van der Waals surface area contributed by atoms with Crippen LogP contribution in [0, 0.1) is 5.82 Å². The lowest BCUT2D eigenvalue weighted by atomic mass is 10.1. The van der Waals surface area contributed by atoms with E-state index >= 15 is 0 Å². The minimum atomic E-state index is -3.94. The lowest BCUT2D eigenvalue weighted by molar-refractivity contribution is 0.141. The summed E-state index contributed by atoms with van der Waals surface area (Å²) < 4.78 is 45.7. The van der Waals surface area contributed by atoms with Crippen LogP contribution in [0.15, 0.2) is 23.1 Å². The van der Waals surface area contributed by atoms with Crippen molar-refractivity contribution in [3.63, 3.8) is 0 Å². The predicted octanol–water partition coefficient (Wildman–Crippen LogP) is 1.25. The van der Waals surface area contributed by atoms with Crippen molar-refractivity contribution in [2.24, 2.45) is 0 Å². The Morgan fingerprint density at radius 2 is 2.00 bits per heavy atom. The van der Waals surface area contributed by atoms with E-state index in [0.717, 1.165) is 6.07 Å². The number of ether oxygens (including phenoxy) is 1. The van der Waals surface area contributed by atoms with Crippen LogP contribution in [0.5, 0.6) is 0 Å². The van der Waals surface area contributed by atoms with Crippen LogP contribution < -0.4 is 10.0 Å². The van der Waals surface area contributed by atoms with Crippen molar-refractivity contribution in [3.8, 4) is 0 Å². The number of nitrogens with one attached hydrogen (secondary N) is 2. The Balaban J connectivity index is 3.11. The van der Waals surface area contributed by atoms with Gasteiger partial charge in [-0.1, -0.05) is 6.07 Å². The maximum Gasteiger partial charge on any atom is 0.244 e. The van der Waals surface area contributed by atoms with Crippen molar-refractivity contribution >= 4 is 10.0 Å². The smallest absolute Gasteiger partial charge is 0.244 e. The number of sulfonamides is 1. The van der Waals surface area contributed by atoms with E-state index in [2.05, 4.69) is 10.0 Å². The molecule has 0 amide bonds. The fraction of sp³-hybridized carbons (Fsp3) is 0.538. The first-order valence-corrected chi connectivity index (χ1v) is 7.66. The highest BCUT2D eigenvalue weighted by molar-refractivity contribution is 7.89. The molecule has 1 rings (SSSR count). The molecule has 5 nitrogen and oxygen atoms in total. The summed E-state index contributed by atoms with van der Waals surface area (Å²) in [4.78, 5) is -0.352. The van der Waals surface area contributed by atoms with E-state index in [-0.39, 0.29) is 11.5 Å². The van der Waals surface area contributed by atoms with Gasteiger partial charge in [-0.2, -0.15) is 0 Å². The van der Waals surface area contributed by atoms with E-state index in [1.54, 1.807) is 27.0 Å². The lowest BCUT2D eigenvalue weighted by Crippen LogP contribution is -2.46. The molecule has 1 aromatic rings. The zero-order chi connectivity index (χ0) is 15.4. The summed E-state index contributed by atoms with van der Waals surface area (Å²) in [5, 5.41) is 2.89. The molecule has 0 fully saturated rings. The van der Waals surface area contributed by atoms with Gasteiger partial charge in [0, 0.05) is 13.7 Å². The van der Waals surface area contributed by atoms with Crippen LogP contribution in [-0.2, 0) is 21.3 Å². The third-order valence-electron chi connectivity index (χ3n) is 2.58. The number of hydrogen-bond donors (Lipinski definition) is 2. The summed E-state index contributed by atoms with van der Waals surface area (Å²) in [5.41, 5.74) is -0.127. The molecule has 114 valence electrons. The molecule has 0 bridgehead atoms. The molecular formula is C13H21FN2O3S. The van der Waals surface area contributed by atoms with Crippen molar-refractivity contribution in [3.05, 3.63) is 29.6 Å². The normalized spacial score (nSPS) is 12.7. The van der Waals surface area contributed by atoms with Crippen molar-refractivity contribution in [2.75, 3.05) is 20.8 Å². The molecule has 0 atom stereocenters. The molecule has 0 saturated heterocycles. The summed E-state index contributed by atoms with van der Waals surface area (Å²) in [7, 11) is -0.734. The van der Waals surface area contributed by atoms with Gasteiger partial charge in [0.15, 0.2) is 0 Å². The number of rotatable bonds is 7. The monoisotopic (exact) mass is 304 g/mol. The summed E-state index contributed by atoms with van der Waals surface area (Å²) in [6.07, 6.45) is 0. The second-order valence-corrected chi connectivity index (χ2v) is 6.87. The van der Waals surface area contributed by atoms with Crippen LogP contribution in [-0.4, -0.2) is 34.7 Å². The average molecular weight is 304 g/mol. The van der Waals surface area contributed by atoms with Crippen LogP contribution >= 0.6 is 0 Å². The Morgan fingerprint density at radius 1 is 1.35 bits per heavy atom. The Hall–Kier alpha value is -1.02. The second-order valence-electron chi connectivity index (χ2n) is 5.22. The number of halogens is 1. The van der Waals surface area contributed by atoms with Crippen LogP contribution in [0.4, 0.5) is 4.39 Å². The average Bonchev–Trinajstić information content (AvgIpc) is 2.30. The van der Waals surface area contributed by atoms with Crippen molar-refractivity contribution in [2.45, 2.75) is 30.8 Å². The van der Waals surface area contributed by atoms with Gasteiger partial charge >= 0.3 is 0 Å². The zero-order valence-corrected chi connectivity index (χ0v) is 13.0. The van der Waals surface area contributed by atoms with Gasteiger partial charge in [-0.25, -0.2) is 17.5 Å². The van der Waals surface area contributed by atoms with Gasteiger partial charge < -0.3 is 10.1 Å². The Labute approximate surface area is 119 Å². The van der Waals surface area contributed by atoms with Gasteiger partial charge in [-0.15, -0.1) is 0 Å². The summed E-state index contributed by atoms with van der Waals surface area (Å²) in [6.45, 7) is 3.99. The third-order valence-corrected chi connectivity index (χ3v) is 4.30. The maximum atomic E-state index is 13.8. The number of benzene rings is 1. The first kappa shape index (κ1) is 17.0. The molecule has 0 aliphatic rings. The van der Waals surface area contributed by atoms with E-state index in [1.165, 1.54) is 13.2 Å². The molecule has 0 aliphatic heterocycles. The highest BCUT2D eigenvalue weighted by atomic mass is 32.2. The standard InChI is InChI=1S/C13H21FN2O3S/c1-13(2,9-19-4)16-20(17,18)12-7-10(8-15-3)5-6-11(12)14/h5-7,15-16H,8-9H2,1-4H3. The van der Waals surface area contributed by atoms with Crippen molar-refractivity contribution in [1.29, 1.82) is 0 Å². The highest BCUT2D eigenvalue weighted by Crippen LogP contribution is 2.19. The molecule has 7 heteroatoms. The first-order chi connectivity index (χ1) is 9.22. The van der Waals surface area contributed by atoms with Crippen LogP contribution in [0.2, 0.25) is 0 Å². The highest BCUT2D eigenvalue weighted by Gasteiger charge is 2.28. The molecule has 0 aliphatic carbocycles. The van der Waals surface area contributed by atoms with Gasteiger partial charge in [0.1, 0.15) is 10.7 Å². The SMILES string of the molecule is CNCc1ccc(F)c(S(=O)(=O)NC(C)(C)COC)c1. The van der Waals surface area contributed by atoms with Gasteiger partial charge in [-0.3, -0.25) is 0 Å². The van der Waals surface area contributed by atoms with Gasteiger partial charge in [-0.05, 0) is 38.6 Å². The second kappa shape index (κ2) is 6.62. The first-order valence-electron chi connectivity index (χ1n) is 6.18. The molecule has 0 heterocycles. The van der Waals surface area contributed by atoms with Crippen LogP contribution in [0.25, 0.3) is 0 Å². The van der Waals surface area contributed by atoms with Crippen LogP contribution in [0.1, 0.15) is 19.4 Å². The topological polar surface area (TPSA) is 67.4 Å². The van der Waals surface area contributed by atoms with E-state index in [9.17, 15) is 12.8 Å².